The minimum atomic E-state index is -1.98. The lowest BCUT2D eigenvalue weighted by Gasteiger charge is -2.18. The number of anilines is 1. The third-order valence-corrected chi connectivity index (χ3v) is 4.87. The second-order valence-electron chi connectivity index (χ2n) is 6.70. The number of nitrogens with one attached hydrogen (secondary N) is 2. The Bertz CT molecular complexity index is 1110. The maximum absolute atomic E-state index is 14.2. The quantitative estimate of drug-likeness (QED) is 0.390. The van der Waals surface area contributed by atoms with E-state index in [4.69, 9.17) is 4.42 Å². The highest BCUT2D eigenvalue weighted by Crippen LogP contribution is 2.33. The number of halogens is 4. The van der Waals surface area contributed by atoms with Crippen LogP contribution in [0.1, 0.15) is 33.7 Å². The number of hydrogen-bond donors (Lipinski definition) is 2. The van der Waals surface area contributed by atoms with Crippen LogP contribution in [0.3, 0.4) is 0 Å². The number of benzene rings is 2. The second kappa shape index (κ2) is 6.85. The first-order valence-corrected chi connectivity index (χ1v) is 8.77. The van der Waals surface area contributed by atoms with Gasteiger partial charge in [0.1, 0.15) is 5.76 Å². The summed E-state index contributed by atoms with van der Waals surface area (Å²) >= 11 is 0. The van der Waals surface area contributed by atoms with Crippen LogP contribution in [0.2, 0.25) is 0 Å². The summed E-state index contributed by atoms with van der Waals surface area (Å²) in [6.45, 7) is 2.34. The first kappa shape index (κ1) is 18.3. The Balaban J connectivity index is 1.64. The van der Waals surface area contributed by atoms with E-state index >= 15 is 0 Å². The van der Waals surface area contributed by atoms with Crippen molar-refractivity contribution in [2.24, 2.45) is 0 Å². The predicted octanol–water partition coefficient (Wildman–Crippen LogP) is 4.59. The van der Waals surface area contributed by atoms with E-state index in [9.17, 15) is 22.4 Å². The third-order valence-electron chi connectivity index (χ3n) is 4.87. The van der Waals surface area contributed by atoms with E-state index in [1.54, 1.807) is 0 Å². The summed E-state index contributed by atoms with van der Waals surface area (Å²) in [6.07, 6.45) is 1.93. The van der Waals surface area contributed by atoms with Gasteiger partial charge in [0.25, 0.3) is 5.91 Å². The fourth-order valence-corrected chi connectivity index (χ4v) is 3.49. The number of carbonyl (C=O) groups is 1. The Kier molecular flexibility index (Phi) is 4.49. The highest BCUT2D eigenvalue weighted by molar-refractivity contribution is 6.07. The topological polar surface area (TPSA) is 54.3 Å². The number of hydrogen-bond acceptors (Lipinski definition) is 3. The Hall–Kier alpha value is -3.03. The van der Waals surface area contributed by atoms with Gasteiger partial charge in [0.2, 0.25) is 11.6 Å². The van der Waals surface area contributed by atoms with Crippen molar-refractivity contribution < 1.29 is 26.8 Å². The van der Waals surface area contributed by atoms with Crippen molar-refractivity contribution in [1.29, 1.82) is 0 Å². The van der Waals surface area contributed by atoms with Crippen LogP contribution in [0, 0.1) is 30.2 Å². The Morgan fingerprint density at radius 2 is 1.89 bits per heavy atom. The first-order valence-electron chi connectivity index (χ1n) is 8.77. The van der Waals surface area contributed by atoms with Gasteiger partial charge in [-0.3, -0.25) is 4.79 Å². The van der Waals surface area contributed by atoms with Crippen LogP contribution in [-0.2, 0) is 13.0 Å². The van der Waals surface area contributed by atoms with Crippen LogP contribution in [0.25, 0.3) is 11.0 Å². The van der Waals surface area contributed by atoms with Crippen LogP contribution in [0.15, 0.2) is 22.6 Å². The van der Waals surface area contributed by atoms with Gasteiger partial charge in [-0.05, 0) is 37.0 Å². The summed E-state index contributed by atoms with van der Waals surface area (Å²) in [5, 5.41) is 5.17. The van der Waals surface area contributed by atoms with Crippen molar-refractivity contribution >= 4 is 22.6 Å². The molecule has 4 nitrogen and oxygen atoms in total. The summed E-state index contributed by atoms with van der Waals surface area (Å²) in [5.41, 5.74) is 1.83. The van der Waals surface area contributed by atoms with Crippen molar-refractivity contribution in [2.75, 3.05) is 11.9 Å². The molecule has 1 amide bonds. The molecule has 1 aliphatic heterocycles. The summed E-state index contributed by atoms with van der Waals surface area (Å²) in [5.74, 6) is -8.19. The lowest BCUT2D eigenvalue weighted by atomic mass is 10.0. The second-order valence-corrected chi connectivity index (χ2v) is 6.70. The molecular formula is C20H16F4N2O2. The molecule has 146 valence electrons. The highest BCUT2D eigenvalue weighted by atomic mass is 19.2. The van der Waals surface area contributed by atoms with E-state index in [-0.39, 0.29) is 17.9 Å². The maximum Gasteiger partial charge on any atom is 0.255 e. The fraction of sp³-hybridized carbons (Fsp3) is 0.250. The molecule has 0 atom stereocenters. The summed E-state index contributed by atoms with van der Waals surface area (Å²) < 4.78 is 60.1. The van der Waals surface area contributed by atoms with E-state index < -0.39 is 40.1 Å². The molecule has 2 heterocycles. The monoisotopic (exact) mass is 392 g/mol. The smallest absolute Gasteiger partial charge is 0.255 e. The molecule has 0 saturated heterocycles. The average molecular weight is 392 g/mol. The lowest BCUT2D eigenvalue weighted by Crippen LogP contribution is -2.24. The van der Waals surface area contributed by atoms with Crippen LogP contribution in [0.5, 0.6) is 0 Å². The molecule has 3 aromatic rings. The molecule has 0 spiro atoms. The van der Waals surface area contributed by atoms with Gasteiger partial charge in [0, 0.05) is 18.8 Å². The van der Waals surface area contributed by atoms with E-state index in [1.165, 1.54) is 6.92 Å². The van der Waals surface area contributed by atoms with Gasteiger partial charge in [0.15, 0.2) is 17.2 Å². The van der Waals surface area contributed by atoms with Crippen molar-refractivity contribution in [3.8, 4) is 0 Å². The predicted molar refractivity (Wildman–Crippen MR) is 95.2 cm³/mol. The SMILES string of the molecule is Cc1oc2c(F)c(F)c(F)c(F)c2c1C(=O)NCc1ccc2c(c1)CCCN2. The molecular weight excluding hydrogens is 376 g/mol. The van der Waals surface area contributed by atoms with Gasteiger partial charge >= 0.3 is 0 Å². The van der Waals surface area contributed by atoms with Gasteiger partial charge in [-0.1, -0.05) is 12.1 Å². The van der Waals surface area contributed by atoms with Crippen LogP contribution < -0.4 is 10.6 Å². The lowest BCUT2D eigenvalue weighted by molar-refractivity contribution is 0.0950. The molecule has 8 heteroatoms. The zero-order chi connectivity index (χ0) is 20.0. The summed E-state index contributed by atoms with van der Waals surface area (Å²) in [7, 11) is 0. The van der Waals surface area contributed by atoms with E-state index in [0.29, 0.717) is 0 Å². The number of fused-ring (bicyclic) bond motifs is 2. The largest absolute Gasteiger partial charge is 0.457 e. The van der Waals surface area contributed by atoms with Crippen LogP contribution in [0.4, 0.5) is 23.2 Å². The van der Waals surface area contributed by atoms with Gasteiger partial charge in [-0.15, -0.1) is 0 Å². The van der Waals surface area contributed by atoms with Crippen molar-refractivity contribution in [3.63, 3.8) is 0 Å². The minimum Gasteiger partial charge on any atom is -0.457 e. The molecule has 2 aromatic carbocycles. The molecule has 2 N–H and O–H groups in total. The Labute approximate surface area is 157 Å². The first-order chi connectivity index (χ1) is 13.4. The molecule has 4 rings (SSSR count). The number of aryl methyl sites for hydroxylation is 2. The van der Waals surface area contributed by atoms with Gasteiger partial charge in [-0.2, -0.15) is 4.39 Å². The normalized spacial score (nSPS) is 13.3. The highest BCUT2D eigenvalue weighted by Gasteiger charge is 2.29. The van der Waals surface area contributed by atoms with E-state index in [2.05, 4.69) is 10.6 Å². The Morgan fingerprint density at radius 1 is 1.14 bits per heavy atom. The molecule has 0 bridgehead atoms. The van der Waals surface area contributed by atoms with Crippen molar-refractivity contribution in [3.05, 3.63) is 63.9 Å². The molecule has 0 radical (unpaired) electrons. The maximum atomic E-state index is 14.2. The summed E-state index contributed by atoms with van der Waals surface area (Å²) in [6, 6.07) is 5.71. The van der Waals surface area contributed by atoms with Gasteiger partial charge < -0.3 is 15.1 Å². The zero-order valence-corrected chi connectivity index (χ0v) is 14.9. The van der Waals surface area contributed by atoms with Crippen molar-refractivity contribution in [1.82, 2.24) is 5.32 Å². The molecule has 1 aromatic heterocycles. The van der Waals surface area contributed by atoms with Gasteiger partial charge in [0.05, 0.1) is 10.9 Å². The number of amides is 1. The number of rotatable bonds is 3. The molecule has 28 heavy (non-hydrogen) atoms. The van der Waals surface area contributed by atoms with E-state index in [0.717, 1.165) is 36.2 Å². The fourth-order valence-electron chi connectivity index (χ4n) is 3.49. The van der Waals surface area contributed by atoms with Gasteiger partial charge in [-0.25, -0.2) is 13.2 Å². The number of furan rings is 1. The molecule has 0 unspecified atom stereocenters. The van der Waals surface area contributed by atoms with Crippen molar-refractivity contribution in [2.45, 2.75) is 26.3 Å². The van der Waals surface area contributed by atoms with Crippen LogP contribution >= 0.6 is 0 Å². The average Bonchev–Trinajstić information content (AvgIpc) is 3.06. The summed E-state index contributed by atoms with van der Waals surface area (Å²) in [4.78, 5) is 12.6. The zero-order valence-electron chi connectivity index (χ0n) is 14.9. The third kappa shape index (κ3) is 2.89. The van der Waals surface area contributed by atoms with E-state index in [1.807, 2.05) is 18.2 Å². The minimum absolute atomic E-state index is 0.131. The molecule has 0 aliphatic carbocycles. The Morgan fingerprint density at radius 3 is 2.68 bits per heavy atom. The standard InChI is InChI=1S/C20H16F4N2O2/c1-9-13(14-15(21)16(22)17(23)18(24)19(14)28-9)20(27)26-8-10-4-5-12-11(7-10)3-2-6-25-12/h4-5,7,25H,2-3,6,8H2,1H3,(H,26,27). The molecule has 0 saturated carbocycles. The number of carbonyl (C=O) groups excluding carboxylic acids is 1. The van der Waals surface area contributed by atoms with Crippen LogP contribution in [-0.4, -0.2) is 12.5 Å². The molecule has 0 fully saturated rings. The molecule has 1 aliphatic rings.